The number of benzene rings is 1. The molecule has 0 aromatic heterocycles. The summed E-state index contributed by atoms with van der Waals surface area (Å²) in [4.78, 5) is 13.8. The van der Waals surface area contributed by atoms with Gasteiger partial charge in [0.15, 0.2) is 0 Å². The van der Waals surface area contributed by atoms with Crippen molar-refractivity contribution in [2.45, 2.75) is 0 Å². The molecule has 0 bridgehead atoms. The van der Waals surface area contributed by atoms with Gasteiger partial charge in [-0.05, 0) is 25.2 Å². The number of anilines is 1. The van der Waals surface area contributed by atoms with Crippen molar-refractivity contribution in [1.82, 2.24) is 4.90 Å². The van der Waals surface area contributed by atoms with Gasteiger partial charge in [0.05, 0.1) is 11.5 Å². The van der Waals surface area contributed by atoms with Gasteiger partial charge in [0, 0.05) is 16.7 Å². The Morgan fingerprint density at radius 1 is 1.53 bits per heavy atom. The summed E-state index contributed by atoms with van der Waals surface area (Å²) >= 11 is 8.11. The van der Waals surface area contributed by atoms with Crippen molar-refractivity contribution in [3.8, 4) is 0 Å². The van der Waals surface area contributed by atoms with E-state index in [4.69, 9.17) is 18.0 Å². The third-order valence-electron chi connectivity index (χ3n) is 1.95. The molecule has 0 heterocycles. The van der Waals surface area contributed by atoms with Crippen molar-refractivity contribution in [2.75, 3.05) is 25.5 Å². The molecular weight excluding hydrogens is 302 g/mol. The van der Waals surface area contributed by atoms with Crippen LogP contribution in [0.25, 0.3) is 0 Å². The first kappa shape index (κ1) is 14.1. The molecule has 3 N–H and O–H groups in total. The van der Waals surface area contributed by atoms with E-state index >= 15 is 0 Å². The van der Waals surface area contributed by atoms with Crippen LogP contribution in [-0.2, 0) is 4.79 Å². The molecule has 1 aromatic carbocycles. The highest BCUT2D eigenvalue weighted by atomic mass is 79.9. The van der Waals surface area contributed by atoms with Crippen molar-refractivity contribution in [3.05, 3.63) is 28.7 Å². The van der Waals surface area contributed by atoms with Crippen LogP contribution in [0, 0.1) is 0 Å². The van der Waals surface area contributed by atoms with E-state index in [0.29, 0.717) is 11.5 Å². The fraction of sp³-hybridized carbons (Fsp3) is 0.273. The number of halogens is 1. The van der Waals surface area contributed by atoms with Crippen LogP contribution < -0.4 is 11.1 Å². The van der Waals surface area contributed by atoms with Gasteiger partial charge in [-0.25, -0.2) is 0 Å². The van der Waals surface area contributed by atoms with Crippen LogP contribution in [0.2, 0.25) is 0 Å². The highest BCUT2D eigenvalue weighted by molar-refractivity contribution is 9.10. The molecule has 0 aliphatic heterocycles. The summed E-state index contributed by atoms with van der Waals surface area (Å²) in [5, 5.41) is 2.79. The first-order valence-corrected chi connectivity index (χ1v) is 6.20. The third kappa shape index (κ3) is 5.76. The Morgan fingerprint density at radius 3 is 2.82 bits per heavy atom. The molecule has 0 saturated carbocycles. The Hall–Kier alpha value is -0.980. The fourth-order valence-corrected chi connectivity index (χ4v) is 1.95. The van der Waals surface area contributed by atoms with Gasteiger partial charge in [-0.2, -0.15) is 0 Å². The zero-order valence-corrected chi connectivity index (χ0v) is 11.8. The van der Waals surface area contributed by atoms with Gasteiger partial charge in [0.1, 0.15) is 0 Å². The number of thiocarbonyl (C=S) groups is 1. The largest absolute Gasteiger partial charge is 0.392 e. The minimum atomic E-state index is -0.0955. The molecule has 0 aliphatic carbocycles. The molecule has 0 unspecified atom stereocenters. The number of likely N-dealkylation sites (N-methyl/N-ethyl adjacent to an activating group) is 1. The molecule has 0 atom stereocenters. The minimum Gasteiger partial charge on any atom is -0.392 e. The average Bonchev–Trinajstić information content (AvgIpc) is 2.14. The van der Waals surface area contributed by atoms with E-state index in [9.17, 15) is 4.79 Å². The maximum absolute atomic E-state index is 11.7. The van der Waals surface area contributed by atoms with Crippen molar-refractivity contribution < 1.29 is 4.79 Å². The molecule has 0 fully saturated rings. The van der Waals surface area contributed by atoms with Crippen LogP contribution in [0.3, 0.4) is 0 Å². The van der Waals surface area contributed by atoms with Crippen LogP contribution in [-0.4, -0.2) is 35.9 Å². The lowest BCUT2D eigenvalue weighted by molar-refractivity contribution is -0.116. The topological polar surface area (TPSA) is 58.4 Å². The Balaban J connectivity index is 2.47. The molecule has 0 saturated heterocycles. The molecule has 0 aliphatic rings. The molecule has 1 amide bonds. The van der Waals surface area contributed by atoms with E-state index in [1.165, 1.54) is 0 Å². The van der Waals surface area contributed by atoms with E-state index in [1.807, 2.05) is 24.3 Å². The SMILES string of the molecule is CN(CC(=O)Nc1cccc(Br)c1)CC(N)=S. The van der Waals surface area contributed by atoms with Crippen molar-refractivity contribution in [3.63, 3.8) is 0 Å². The number of amides is 1. The highest BCUT2D eigenvalue weighted by Crippen LogP contribution is 2.15. The van der Waals surface area contributed by atoms with Crippen LogP contribution in [0.4, 0.5) is 5.69 Å². The molecule has 0 spiro atoms. The molecular formula is C11H14BrN3OS. The summed E-state index contributed by atoms with van der Waals surface area (Å²) in [6.45, 7) is 0.686. The summed E-state index contributed by atoms with van der Waals surface area (Å²) in [6, 6.07) is 7.43. The fourth-order valence-electron chi connectivity index (χ4n) is 1.33. The van der Waals surface area contributed by atoms with Gasteiger partial charge in [0.2, 0.25) is 5.91 Å². The second-order valence-electron chi connectivity index (χ2n) is 3.70. The summed E-state index contributed by atoms with van der Waals surface area (Å²) in [5.74, 6) is -0.0955. The zero-order valence-electron chi connectivity index (χ0n) is 9.44. The van der Waals surface area contributed by atoms with E-state index in [1.54, 1.807) is 11.9 Å². The predicted octanol–water partition coefficient (Wildman–Crippen LogP) is 1.61. The maximum Gasteiger partial charge on any atom is 0.238 e. The lowest BCUT2D eigenvalue weighted by Crippen LogP contribution is -2.35. The quantitative estimate of drug-likeness (QED) is 0.810. The van der Waals surface area contributed by atoms with Gasteiger partial charge in [0.25, 0.3) is 0 Å². The Kier molecular flexibility index (Phi) is 5.54. The van der Waals surface area contributed by atoms with E-state index in [0.717, 1.165) is 10.2 Å². The normalized spacial score (nSPS) is 10.3. The summed E-state index contributed by atoms with van der Waals surface area (Å²) < 4.78 is 0.923. The van der Waals surface area contributed by atoms with Crippen LogP contribution >= 0.6 is 28.1 Å². The summed E-state index contributed by atoms with van der Waals surface area (Å²) in [6.07, 6.45) is 0. The lowest BCUT2D eigenvalue weighted by atomic mass is 10.3. The maximum atomic E-state index is 11.7. The van der Waals surface area contributed by atoms with Crippen LogP contribution in [0.1, 0.15) is 0 Å². The number of nitrogens with two attached hydrogens (primary N) is 1. The van der Waals surface area contributed by atoms with Gasteiger partial charge in [-0.15, -0.1) is 0 Å². The zero-order chi connectivity index (χ0) is 12.8. The van der Waals surface area contributed by atoms with Crippen molar-refractivity contribution in [1.29, 1.82) is 0 Å². The second kappa shape index (κ2) is 6.68. The van der Waals surface area contributed by atoms with Gasteiger partial charge >= 0.3 is 0 Å². The van der Waals surface area contributed by atoms with E-state index in [2.05, 4.69) is 21.2 Å². The number of hydrogen-bond donors (Lipinski definition) is 2. The number of rotatable bonds is 5. The van der Waals surface area contributed by atoms with E-state index < -0.39 is 0 Å². The molecule has 0 radical (unpaired) electrons. The predicted molar refractivity (Wildman–Crippen MR) is 77.1 cm³/mol. The third-order valence-corrected chi connectivity index (χ3v) is 2.57. The van der Waals surface area contributed by atoms with Gasteiger partial charge in [-0.1, -0.05) is 34.2 Å². The number of hydrogen-bond acceptors (Lipinski definition) is 3. The lowest BCUT2D eigenvalue weighted by Gasteiger charge is -2.15. The molecule has 1 rings (SSSR count). The monoisotopic (exact) mass is 315 g/mol. The Morgan fingerprint density at radius 2 is 2.24 bits per heavy atom. The van der Waals surface area contributed by atoms with Crippen LogP contribution in [0.15, 0.2) is 28.7 Å². The first-order chi connectivity index (χ1) is 7.97. The van der Waals surface area contributed by atoms with Crippen molar-refractivity contribution >= 4 is 44.7 Å². The average molecular weight is 316 g/mol. The van der Waals surface area contributed by atoms with Crippen LogP contribution in [0.5, 0.6) is 0 Å². The second-order valence-corrected chi connectivity index (χ2v) is 5.14. The summed E-state index contributed by atoms with van der Waals surface area (Å²) in [5.41, 5.74) is 6.15. The smallest absolute Gasteiger partial charge is 0.238 e. The molecule has 17 heavy (non-hydrogen) atoms. The molecule has 1 aromatic rings. The van der Waals surface area contributed by atoms with Crippen molar-refractivity contribution in [2.24, 2.45) is 5.73 Å². The number of carbonyl (C=O) groups is 1. The Labute approximate surface area is 114 Å². The first-order valence-electron chi connectivity index (χ1n) is 4.99. The summed E-state index contributed by atoms with van der Waals surface area (Å²) in [7, 11) is 1.79. The Bertz CT molecular complexity index is 425. The number of carbonyl (C=O) groups excluding carboxylic acids is 1. The number of nitrogens with one attached hydrogen (secondary N) is 1. The highest BCUT2D eigenvalue weighted by Gasteiger charge is 2.07. The molecule has 4 nitrogen and oxygen atoms in total. The van der Waals surface area contributed by atoms with Gasteiger partial charge in [-0.3, -0.25) is 9.69 Å². The molecule has 92 valence electrons. The standard InChI is InChI=1S/C11H14BrN3OS/c1-15(6-10(13)17)7-11(16)14-9-4-2-3-8(12)5-9/h2-5H,6-7H2,1H3,(H2,13,17)(H,14,16). The number of nitrogens with zero attached hydrogens (tertiary/aromatic N) is 1. The van der Waals surface area contributed by atoms with E-state index in [-0.39, 0.29) is 12.5 Å². The van der Waals surface area contributed by atoms with Gasteiger partial charge < -0.3 is 11.1 Å². The minimum absolute atomic E-state index is 0.0955. The molecule has 6 heteroatoms.